The number of rotatable bonds is 8. The van der Waals surface area contributed by atoms with Crippen molar-refractivity contribution in [1.82, 2.24) is 5.39 Å². The highest BCUT2D eigenvalue weighted by atomic mass is 32.2. The van der Waals surface area contributed by atoms with E-state index in [1.807, 2.05) is 0 Å². The normalized spacial score (nSPS) is 11.6. The van der Waals surface area contributed by atoms with E-state index in [1.165, 1.54) is 24.3 Å². The molecule has 0 aromatic heterocycles. The fourth-order valence-electron chi connectivity index (χ4n) is 1.40. The summed E-state index contributed by atoms with van der Waals surface area (Å²) in [4.78, 5) is 15.7. The summed E-state index contributed by atoms with van der Waals surface area (Å²) in [6, 6.07) is 5.14. The Balaban J connectivity index is 2.35. The molecule has 0 saturated carbocycles. The maximum atomic E-state index is 11.5. The summed E-state index contributed by atoms with van der Waals surface area (Å²) in [5.74, 6) is -0.288. The number of hydrogen-bond donors (Lipinski definition) is 3. The predicted octanol–water partition coefficient (Wildman–Crippen LogP) is 0.422. The Morgan fingerprint density at radius 3 is 2.33 bits per heavy atom. The summed E-state index contributed by atoms with van der Waals surface area (Å²) >= 11 is 0. The maximum Gasteiger partial charge on any atom is 0.311 e. The summed E-state index contributed by atoms with van der Waals surface area (Å²) in [6.45, 7) is 0.0450. The fraction of sp³-hybridized carbons (Fsp3) is 0.364. The second kappa shape index (κ2) is 8.02. The zero-order valence-electron chi connectivity index (χ0n) is 11.0. The third-order valence-electron chi connectivity index (χ3n) is 2.37. The van der Waals surface area contributed by atoms with E-state index in [0.29, 0.717) is 12.8 Å². The zero-order chi connectivity index (χ0) is 15.9. The van der Waals surface area contributed by atoms with Gasteiger partial charge in [0, 0.05) is 6.42 Å². The topological polar surface area (TPSA) is 139 Å². The van der Waals surface area contributed by atoms with Crippen molar-refractivity contribution in [3.63, 3.8) is 0 Å². The number of nitrogens with zero attached hydrogens (tertiary/aromatic N) is 1. The van der Waals surface area contributed by atoms with Gasteiger partial charge in [0.15, 0.2) is 0 Å². The molecular formula is C11H16N2O7S. The minimum Gasteiger partial charge on any atom is -0.427 e. The lowest BCUT2D eigenvalue weighted by atomic mass is 10.2. The second-order valence-corrected chi connectivity index (χ2v) is 5.59. The van der Waals surface area contributed by atoms with Crippen molar-refractivity contribution in [1.29, 1.82) is 0 Å². The van der Waals surface area contributed by atoms with Gasteiger partial charge in [-0.15, -0.1) is 0 Å². The Morgan fingerprint density at radius 2 is 1.81 bits per heavy atom. The van der Waals surface area contributed by atoms with Gasteiger partial charge in [0.25, 0.3) is 0 Å². The Bertz CT molecular complexity index is 556. The Labute approximate surface area is 121 Å². The van der Waals surface area contributed by atoms with Gasteiger partial charge < -0.3 is 4.74 Å². The van der Waals surface area contributed by atoms with E-state index in [-0.39, 0.29) is 23.7 Å². The van der Waals surface area contributed by atoms with Gasteiger partial charge in [-0.25, -0.2) is 13.6 Å². The first-order chi connectivity index (χ1) is 9.79. The second-order valence-electron chi connectivity index (χ2n) is 4.03. The molecule has 0 bridgehead atoms. The smallest absolute Gasteiger partial charge is 0.311 e. The number of carbonyl (C=O) groups excluding carboxylic acids is 1. The quantitative estimate of drug-likeness (QED) is 0.271. The number of unbranched alkanes of at least 4 members (excludes halogenated alkanes) is 1. The van der Waals surface area contributed by atoms with Crippen LogP contribution >= 0.6 is 0 Å². The minimum atomic E-state index is -3.77. The third kappa shape index (κ3) is 7.13. The standard InChI is InChI=1S/C11H16N2O7S/c12-21(17,18)10-6-4-9(5-7-10)20-11(14)3-1-2-8-19-13(15)16/h4-7,15-16H,1-3,8H2,(H2,12,17,18). The number of nitrogens with two attached hydrogens (primary N) is 1. The van der Waals surface area contributed by atoms with E-state index in [4.69, 9.17) is 20.3 Å². The van der Waals surface area contributed by atoms with Crippen LogP contribution in [-0.4, -0.2) is 36.8 Å². The highest BCUT2D eigenvalue weighted by Gasteiger charge is 2.09. The van der Waals surface area contributed by atoms with E-state index in [2.05, 4.69) is 4.84 Å². The average Bonchev–Trinajstić information content (AvgIpc) is 2.37. The van der Waals surface area contributed by atoms with Gasteiger partial charge in [-0.05, 0) is 37.1 Å². The molecule has 1 rings (SSSR count). The van der Waals surface area contributed by atoms with Crippen LogP contribution in [0, 0.1) is 0 Å². The first kappa shape index (κ1) is 17.5. The van der Waals surface area contributed by atoms with Crippen molar-refractivity contribution in [2.45, 2.75) is 24.2 Å². The summed E-state index contributed by atoms with van der Waals surface area (Å²) in [5.41, 5.74) is 0. The number of primary sulfonamides is 1. The molecule has 0 spiro atoms. The van der Waals surface area contributed by atoms with Crippen molar-refractivity contribution >= 4 is 16.0 Å². The number of esters is 1. The zero-order valence-corrected chi connectivity index (χ0v) is 11.8. The van der Waals surface area contributed by atoms with Crippen LogP contribution in [0.5, 0.6) is 5.75 Å². The monoisotopic (exact) mass is 320 g/mol. The van der Waals surface area contributed by atoms with Gasteiger partial charge in [-0.1, -0.05) is 0 Å². The Kier molecular flexibility index (Phi) is 6.68. The van der Waals surface area contributed by atoms with Crippen LogP contribution in [0.1, 0.15) is 19.3 Å². The van der Waals surface area contributed by atoms with Gasteiger partial charge in [0.2, 0.25) is 10.0 Å². The molecule has 0 saturated heterocycles. The highest BCUT2D eigenvalue weighted by Crippen LogP contribution is 2.15. The average molecular weight is 320 g/mol. The summed E-state index contributed by atoms with van der Waals surface area (Å²) in [5, 5.41) is 21.1. The number of carbonyl (C=O) groups is 1. The molecule has 0 radical (unpaired) electrons. The van der Waals surface area contributed by atoms with Crippen molar-refractivity contribution in [2.24, 2.45) is 5.14 Å². The molecule has 1 aromatic rings. The molecule has 0 unspecified atom stereocenters. The van der Waals surface area contributed by atoms with E-state index in [1.54, 1.807) is 0 Å². The van der Waals surface area contributed by atoms with Crippen molar-refractivity contribution < 1.29 is 33.2 Å². The molecule has 0 atom stereocenters. The maximum absolute atomic E-state index is 11.5. The molecular weight excluding hydrogens is 304 g/mol. The summed E-state index contributed by atoms with van der Waals surface area (Å²) < 4.78 is 27.1. The SMILES string of the molecule is NS(=O)(=O)c1ccc(OC(=O)CCCCON(O)O)cc1. The molecule has 0 heterocycles. The van der Waals surface area contributed by atoms with Crippen LogP contribution < -0.4 is 9.88 Å². The molecule has 21 heavy (non-hydrogen) atoms. The van der Waals surface area contributed by atoms with Crippen LogP contribution in [0.25, 0.3) is 0 Å². The molecule has 0 aliphatic rings. The van der Waals surface area contributed by atoms with Gasteiger partial charge in [-0.2, -0.15) is 0 Å². The van der Waals surface area contributed by atoms with E-state index >= 15 is 0 Å². The van der Waals surface area contributed by atoms with Crippen molar-refractivity contribution in [3.8, 4) is 5.75 Å². The van der Waals surface area contributed by atoms with Crippen LogP contribution in [0.15, 0.2) is 29.2 Å². The van der Waals surface area contributed by atoms with Gasteiger partial charge in [0.1, 0.15) is 5.75 Å². The number of benzene rings is 1. The van der Waals surface area contributed by atoms with Crippen LogP contribution in [0.3, 0.4) is 0 Å². The molecule has 0 amide bonds. The van der Waals surface area contributed by atoms with Crippen LogP contribution in [0.4, 0.5) is 0 Å². The first-order valence-corrected chi connectivity index (χ1v) is 7.48. The van der Waals surface area contributed by atoms with Crippen LogP contribution in [-0.2, 0) is 19.7 Å². The van der Waals surface area contributed by atoms with Crippen molar-refractivity contribution in [3.05, 3.63) is 24.3 Å². The molecule has 10 heteroatoms. The van der Waals surface area contributed by atoms with E-state index in [9.17, 15) is 13.2 Å². The third-order valence-corrected chi connectivity index (χ3v) is 3.30. The lowest BCUT2D eigenvalue weighted by Crippen LogP contribution is -2.15. The Morgan fingerprint density at radius 1 is 1.19 bits per heavy atom. The minimum absolute atomic E-state index is 0.0450. The summed E-state index contributed by atoms with van der Waals surface area (Å²) in [7, 11) is -3.77. The molecule has 9 nitrogen and oxygen atoms in total. The van der Waals surface area contributed by atoms with E-state index in [0.717, 1.165) is 0 Å². The highest BCUT2D eigenvalue weighted by molar-refractivity contribution is 7.89. The van der Waals surface area contributed by atoms with Crippen LogP contribution in [0.2, 0.25) is 0 Å². The van der Waals surface area contributed by atoms with E-state index < -0.39 is 21.4 Å². The number of hydrogen-bond acceptors (Lipinski definition) is 8. The lowest BCUT2D eigenvalue weighted by Gasteiger charge is -2.06. The predicted molar refractivity (Wildman–Crippen MR) is 68.7 cm³/mol. The first-order valence-electron chi connectivity index (χ1n) is 5.93. The largest absolute Gasteiger partial charge is 0.427 e. The molecule has 0 fully saturated rings. The van der Waals surface area contributed by atoms with Gasteiger partial charge in [0.05, 0.1) is 16.9 Å². The Hall–Kier alpha value is -1.56. The molecule has 0 aliphatic heterocycles. The lowest BCUT2D eigenvalue weighted by molar-refractivity contribution is -0.492. The number of sulfonamides is 1. The molecule has 118 valence electrons. The summed E-state index contributed by atoms with van der Waals surface area (Å²) in [6.07, 6.45) is 0.968. The number of ether oxygens (including phenoxy) is 1. The van der Waals surface area contributed by atoms with Crippen molar-refractivity contribution in [2.75, 3.05) is 6.61 Å². The molecule has 0 aliphatic carbocycles. The van der Waals surface area contributed by atoms with Gasteiger partial charge >= 0.3 is 5.97 Å². The molecule has 1 aromatic carbocycles. The molecule has 4 N–H and O–H groups in total. The fourth-order valence-corrected chi connectivity index (χ4v) is 1.91. The van der Waals surface area contributed by atoms with Gasteiger partial charge in [-0.3, -0.25) is 20.0 Å².